The van der Waals surface area contributed by atoms with Crippen LogP contribution in [-0.2, 0) is 9.53 Å². The molecule has 4 aromatic rings. The Morgan fingerprint density at radius 1 is 1.00 bits per heavy atom. The van der Waals surface area contributed by atoms with E-state index in [1.807, 2.05) is 53.2 Å². The molecule has 1 saturated heterocycles. The molecule has 1 fully saturated rings. The smallest absolute Gasteiger partial charge is 0.338 e. The van der Waals surface area contributed by atoms with E-state index in [0.717, 1.165) is 36.6 Å². The number of carbonyl (C=O) groups is 2. The van der Waals surface area contributed by atoms with Gasteiger partial charge in [0.25, 0.3) is 0 Å². The highest BCUT2D eigenvalue weighted by Gasteiger charge is 2.27. The van der Waals surface area contributed by atoms with Gasteiger partial charge >= 0.3 is 5.97 Å². The first kappa shape index (κ1) is 24.2. The molecule has 1 N–H and O–H groups in total. The van der Waals surface area contributed by atoms with E-state index in [1.165, 1.54) is 0 Å². The van der Waals surface area contributed by atoms with Crippen molar-refractivity contribution in [1.29, 1.82) is 0 Å². The van der Waals surface area contributed by atoms with E-state index < -0.39 is 0 Å². The second-order valence-electron chi connectivity index (χ2n) is 8.81. The summed E-state index contributed by atoms with van der Waals surface area (Å²) >= 11 is 0. The lowest BCUT2D eigenvalue weighted by Gasteiger charge is -2.32. The second-order valence-corrected chi connectivity index (χ2v) is 8.81. The Hall–Kier alpha value is -4.53. The largest absolute Gasteiger partial charge is 0.462 e. The average molecular weight is 497 g/mol. The molecule has 1 unspecified atom stereocenters. The number of imidazole rings is 1. The zero-order valence-electron chi connectivity index (χ0n) is 20.6. The molecule has 188 valence electrons. The minimum absolute atomic E-state index is 0.0518. The maximum atomic E-state index is 13.0. The summed E-state index contributed by atoms with van der Waals surface area (Å²) in [6.45, 7) is 3.45. The van der Waals surface area contributed by atoms with Crippen LogP contribution >= 0.6 is 0 Å². The molecule has 1 aliphatic rings. The van der Waals surface area contributed by atoms with Crippen LogP contribution in [0.1, 0.15) is 30.1 Å². The normalized spacial score (nSPS) is 15.3. The summed E-state index contributed by atoms with van der Waals surface area (Å²) in [5.74, 6) is 1.61. The summed E-state index contributed by atoms with van der Waals surface area (Å²) in [7, 11) is 0. The predicted octanol–water partition coefficient (Wildman–Crippen LogP) is 4.36. The van der Waals surface area contributed by atoms with Crippen LogP contribution in [0.5, 0.6) is 0 Å². The van der Waals surface area contributed by atoms with Crippen molar-refractivity contribution >= 4 is 23.4 Å². The molecular weight excluding hydrogens is 468 g/mol. The summed E-state index contributed by atoms with van der Waals surface area (Å²) in [6.07, 6.45) is 5.29. The number of anilines is 2. The minimum atomic E-state index is -0.375. The van der Waals surface area contributed by atoms with Crippen molar-refractivity contribution in [2.45, 2.75) is 19.8 Å². The van der Waals surface area contributed by atoms with Crippen molar-refractivity contribution < 1.29 is 14.3 Å². The first-order chi connectivity index (χ1) is 18.1. The lowest BCUT2D eigenvalue weighted by molar-refractivity contribution is -0.120. The zero-order valence-corrected chi connectivity index (χ0v) is 20.6. The topological polar surface area (TPSA) is 102 Å². The van der Waals surface area contributed by atoms with Crippen LogP contribution in [0.15, 0.2) is 79.1 Å². The fourth-order valence-corrected chi connectivity index (χ4v) is 4.45. The van der Waals surface area contributed by atoms with Crippen LogP contribution in [0, 0.1) is 5.92 Å². The Labute approximate surface area is 215 Å². The van der Waals surface area contributed by atoms with Gasteiger partial charge in [0.2, 0.25) is 5.91 Å². The number of hydrogen-bond acceptors (Lipinski definition) is 7. The van der Waals surface area contributed by atoms with E-state index in [-0.39, 0.29) is 17.8 Å². The fraction of sp³-hybridized carbons (Fsp3) is 0.250. The third kappa shape index (κ3) is 5.50. The molecule has 5 rings (SSSR count). The van der Waals surface area contributed by atoms with Crippen LogP contribution < -0.4 is 10.2 Å². The summed E-state index contributed by atoms with van der Waals surface area (Å²) in [6, 6.07) is 20.5. The van der Waals surface area contributed by atoms with Gasteiger partial charge in [-0.1, -0.05) is 30.3 Å². The lowest BCUT2D eigenvalue weighted by atomic mass is 9.97. The van der Waals surface area contributed by atoms with Gasteiger partial charge in [-0.15, -0.1) is 10.2 Å². The van der Waals surface area contributed by atoms with Gasteiger partial charge in [0.1, 0.15) is 5.82 Å². The number of hydrogen-bond donors (Lipinski definition) is 1. The SMILES string of the molecule is CCOC(=O)c1ccc(NC(=O)C2CCCN(c3ccc(-n4ccnc4-c4ccccc4)nn3)C2)cc1. The van der Waals surface area contributed by atoms with Crippen LogP contribution in [0.25, 0.3) is 17.2 Å². The number of piperidine rings is 1. The number of nitrogens with zero attached hydrogens (tertiary/aromatic N) is 5. The maximum absolute atomic E-state index is 13.0. The van der Waals surface area contributed by atoms with Crippen molar-refractivity contribution in [1.82, 2.24) is 19.7 Å². The second kappa shape index (κ2) is 11.0. The first-order valence-corrected chi connectivity index (χ1v) is 12.4. The molecule has 2 aromatic heterocycles. The molecule has 1 amide bonds. The molecule has 9 heteroatoms. The highest BCUT2D eigenvalue weighted by atomic mass is 16.5. The number of ether oxygens (including phenoxy) is 1. The molecule has 0 bridgehead atoms. The lowest BCUT2D eigenvalue weighted by Crippen LogP contribution is -2.41. The molecule has 3 heterocycles. The monoisotopic (exact) mass is 496 g/mol. The van der Waals surface area contributed by atoms with Crippen LogP contribution in [0.3, 0.4) is 0 Å². The number of amides is 1. The van der Waals surface area contributed by atoms with Crippen molar-refractivity contribution in [2.75, 3.05) is 29.9 Å². The highest BCUT2D eigenvalue weighted by molar-refractivity contribution is 5.94. The van der Waals surface area contributed by atoms with Gasteiger partial charge in [-0.2, -0.15) is 0 Å². The molecule has 0 spiro atoms. The van der Waals surface area contributed by atoms with Crippen molar-refractivity contribution in [3.8, 4) is 17.2 Å². The molecule has 1 aliphatic heterocycles. The van der Waals surface area contributed by atoms with E-state index in [4.69, 9.17) is 4.74 Å². The van der Waals surface area contributed by atoms with Crippen molar-refractivity contribution in [3.63, 3.8) is 0 Å². The Bertz CT molecular complexity index is 1350. The van der Waals surface area contributed by atoms with Crippen LogP contribution in [0.2, 0.25) is 0 Å². The minimum Gasteiger partial charge on any atom is -0.462 e. The van der Waals surface area contributed by atoms with E-state index >= 15 is 0 Å². The number of benzene rings is 2. The summed E-state index contributed by atoms with van der Waals surface area (Å²) in [5, 5.41) is 11.9. The fourth-order valence-electron chi connectivity index (χ4n) is 4.45. The Balaban J connectivity index is 1.23. The number of nitrogens with one attached hydrogen (secondary N) is 1. The first-order valence-electron chi connectivity index (χ1n) is 12.4. The van der Waals surface area contributed by atoms with E-state index in [9.17, 15) is 9.59 Å². The quantitative estimate of drug-likeness (QED) is 0.379. The molecule has 37 heavy (non-hydrogen) atoms. The van der Waals surface area contributed by atoms with Crippen molar-refractivity contribution in [2.24, 2.45) is 5.92 Å². The maximum Gasteiger partial charge on any atom is 0.338 e. The molecular formula is C28H28N6O3. The third-order valence-corrected chi connectivity index (χ3v) is 6.34. The summed E-state index contributed by atoms with van der Waals surface area (Å²) in [5.41, 5.74) is 2.10. The Morgan fingerprint density at radius 3 is 2.49 bits per heavy atom. The van der Waals surface area contributed by atoms with Gasteiger partial charge in [0.15, 0.2) is 11.6 Å². The Kier molecular flexibility index (Phi) is 7.21. The molecule has 1 atom stereocenters. The van der Waals surface area contributed by atoms with Crippen LogP contribution in [-0.4, -0.2) is 51.3 Å². The third-order valence-electron chi connectivity index (χ3n) is 6.34. The molecule has 2 aromatic carbocycles. The summed E-state index contributed by atoms with van der Waals surface area (Å²) in [4.78, 5) is 31.4. The average Bonchev–Trinajstić information content (AvgIpc) is 3.44. The number of carbonyl (C=O) groups excluding carboxylic acids is 2. The van der Waals surface area contributed by atoms with Gasteiger partial charge in [-0.25, -0.2) is 9.78 Å². The van der Waals surface area contributed by atoms with Crippen molar-refractivity contribution in [3.05, 3.63) is 84.7 Å². The summed E-state index contributed by atoms with van der Waals surface area (Å²) < 4.78 is 6.91. The van der Waals surface area contributed by atoms with Gasteiger partial charge < -0.3 is 15.0 Å². The highest BCUT2D eigenvalue weighted by Crippen LogP contribution is 2.25. The van der Waals surface area contributed by atoms with E-state index in [2.05, 4.69) is 25.4 Å². The zero-order chi connectivity index (χ0) is 25.6. The predicted molar refractivity (Wildman–Crippen MR) is 141 cm³/mol. The van der Waals surface area contributed by atoms with Crippen LogP contribution in [0.4, 0.5) is 11.5 Å². The molecule has 9 nitrogen and oxygen atoms in total. The molecule has 0 saturated carbocycles. The van der Waals surface area contributed by atoms with Gasteiger partial charge in [-0.05, 0) is 56.2 Å². The van der Waals surface area contributed by atoms with E-state index in [1.54, 1.807) is 37.4 Å². The number of rotatable bonds is 7. The van der Waals surface area contributed by atoms with Gasteiger partial charge in [-0.3, -0.25) is 9.36 Å². The van der Waals surface area contributed by atoms with Gasteiger partial charge in [0, 0.05) is 36.7 Å². The molecule has 0 aliphatic carbocycles. The van der Waals surface area contributed by atoms with Gasteiger partial charge in [0.05, 0.1) is 18.1 Å². The Morgan fingerprint density at radius 2 is 1.76 bits per heavy atom. The number of aromatic nitrogens is 4. The number of esters is 1. The van der Waals surface area contributed by atoms with E-state index in [0.29, 0.717) is 30.2 Å². The standard InChI is InChI=1S/C28H28N6O3/c1-2-37-28(36)21-10-12-23(13-11-21)30-27(35)22-9-6-17-33(19-22)24-14-15-25(32-31-24)34-18-16-29-26(34)20-7-4-3-5-8-20/h3-5,7-8,10-16,18,22H,2,6,9,17,19H2,1H3,(H,30,35). The molecule has 0 radical (unpaired) electrons.